The lowest BCUT2D eigenvalue weighted by molar-refractivity contribution is -0.136. The molecule has 2 fully saturated rings. The van der Waals surface area contributed by atoms with Gasteiger partial charge in [-0.15, -0.1) is 0 Å². The van der Waals surface area contributed by atoms with Crippen molar-refractivity contribution < 1.29 is 9.59 Å². The Bertz CT molecular complexity index is 521. The Balaban J connectivity index is 1.53. The summed E-state index contributed by atoms with van der Waals surface area (Å²) in [6, 6.07) is 2.16. The zero-order chi connectivity index (χ0) is 14.7. The first-order valence-electron chi connectivity index (χ1n) is 7.56. The third-order valence-electron chi connectivity index (χ3n) is 4.04. The molecule has 3 rings (SSSR count). The van der Waals surface area contributed by atoms with Gasteiger partial charge in [0.1, 0.15) is 0 Å². The van der Waals surface area contributed by atoms with Gasteiger partial charge < -0.3 is 15.5 Å². The number of nitrogens with zero attached hydrogens (tertiary/aromatic N) is 3. The molecule has 1 unspecified atom stereocenters. The summed E-state index contributed by atoms with van der Waals surface area (Å²) in [4.78, 5) is 25.3. The van der Waals surface area contributed by atoms with Crippen LogP contribution in [0.15, 0.2) is 12.3 Å². The van der Waals surface area contributed by atoms with Gasteiger partial charge in [0.25, 0.3) is 0 Å². The van der Waals surface area contributed by atoms with Crippen LogP contribution in [0, 0.1) is 0 Å². The van der Waals surface area contributed by atoms with Crippen molar-refractivity contribution in [2.45, 2.75) is 31.7 Å². The highest BCUT2D eigenvalue weighted by atomic mass is 16.2. The minimum absolute atomic E-state index is 0.0685. The molecule has 0 bridgehead atoms. The highest BCUT2D eigenvalue weighted by Gasteiger charge is 2.21. The van der Waals surface area contributed by atoms with E-state index in [1.165, 1.54) is 0 Å². The van der Waals surface area contributed by atoms with Gasteiger partial charge in [0.2, 0.25) is 11.8 Å². The molecule has 21 heavy (non-hydrogen) atoms. The van der Waals surface area contributed by atoms with Crippen molar-refractivity contribution in [2.24, 2.45) is 0 Å². The van der Waals surface area contributed by atoms with Crippen LogP contribution in [0.1, 0.15) is 31.7 Å². The third-order valence-corrected chi connectivity index (χ3v) is 4.04. The Morgan fingerprint density at radius 3 is 3.14 bits per heavy atom. The molecule has 0 aromatic carbocycles. The highest BCUT2D eigenvalue weighted by Crippen LogP contribution is 2.16. The number of hydrogen-bond donors (Lipinski definition) is 2. The van der Waals surface area contributed by atoms with Gasteiger partial charge in [0, 0.05) is 31.8 Å². The number of carbonyl (C=O) groups excluding carboxylic acids is 2. The van der Waals surface area contributed by atoms with E-state index in [0.717, 1.165) is 32.4 Å². The molecule has 2 amide bonds. The van der Waals surface area contributed by atoms with E-state index in [1.807, 2.05) is 10.9 Å². The van der Waals surface area contributed by atoms with Crippen molar-refractivity contribution in [1.82, 2.24) is 20.0 Å². The number of aromatic nitrogens is 2. The maximum absolute atomic E-state index is 12.0. The van der Waals surface area contributed by atoms with Crippen LogP contribution in [0.2, 0.25) is 0 Å². The Kier molecular flexibility index (Phi) is 4.19. The maximum Gasteiger partial charge on any atom is 0.245 e. The number of likely N-dealkylation sites (tertiary alicyclic amines) is 1. The molecule has 7 heteroatoms. The fraction of sp³-hybridized carbons (Fsp3) is 0.643. The van der Waals surface area contributed by atoms with E-state index in [-0.39, 0.29) is 18.4 Å². The summed E-state index contributed by atoms with van der Waals surface area (Å²) in [6.45, 7) is 2.71. The van der Waals surface area contributed by atoms with E-state index < -0.39 is 0 Å². The summed E-state index contributed by atoms with van der Waals surface area (Å²) in [5.41, 5.74) is 0. The molecular formula is C14H21N5O2. The molecule has 0 saturated carbocycles. The van der Waals surface area contributed by atoms with Crippen molar-refractivity contribution in [1.29, 1.82) is 0 Å². The number of nitrogens with one attached hydrogen (secondary N) is 2. The molecule has 0 aliphatic carbocycles. The zero-order valence-electron chi connectivity index (χ0n) is 12.0. The monoisotopic (exact) mass is 291 g/mol. The summed E-state index contributed by atoms with van der Waals surface area (Å²) >= 11 is 0. The minimum Gasteiger partial charge on any atom is -0.333 e. The third kappa shape index (κ3) is 3.41. The van der Waals surface area contributed by atoms with Gasteiger partial charge in [0.05, 0.1) is 12.6 Å². The molecule has 114 valence electrons. The second-order valence-corrected chi connectivity index (χ2v) is 5.65. The summed E-state index contributed by atoms with van der Waals surface area (Å²) in [5, 5.41) is 10.4. The van der Waals surface area contributed by atoms with Gasteiger partial charge in [-0.05, 0) is 25.8 Å². The number of hydrogen-bond acceptors (Lipinski definition) is 4. The molecule has 2 N–H and O–H groups in total. The number of anilines is 1. The van der Waals surface area contributed by atoms with Gasteiger partial charge in [-0.25, -0.2) is 0 Å². The van der Waals surface area contributed by atoms with Crippen LogP contribution in [-0.2, 0) is 9.59 Å². The van der Waals surface area contributed by atoms with E-state index in [2.05, 4.69) is 15.7 Å². The lowest BCUT2D eigenvalue weighted by atomic mass is 10.1. The molecule has 1 aromatic heterocycles. The van der Waals surface area contributed by atoms with E-state index >= 15 is 0 Å². The molecular weight excluding hydrogens is 270 g/mol. The summed E-state index contributed by atoms with van der Waals surface area (Å²) < 4.78 is 1.89. The van der Waals surface area contributed by atoms with Crippen LogP contribution < -0.4 is 10.6 Å². The van der Waals surface area contributed by atoms with Crippen molar-refractivity contribution in [2.75, 3.05) is 31.5 Å². The van der Waals surface area contributed by atoms with Crippen LogP contribution in [0.3, 0.4) is 0 Å². The van der Waals surface area contributed by atoms with Crippen molar-refractivity contribution in [3.05, 3.63) is 12.3 Å². The molecule has 7 nitrogen and oxygen atoms in total. The van der Waals surface area contributed by atoms with Crippen molar-refractivity contribution in [3.8, 4) is 0 Å². The van der Waals surface area contributed by atoms with Gasteiger partial charge >= 0.3 is 0 Å². The number of amides is 2. The van der Waals surface area contributed by atoms with E-state index in [1.54, 1.807) is 11.0 Å². The molecule has 0 spiro atoms. The summed E-state index contributed by atoms with van der Waals surface area (Å²) in [6.07, 6.45) is 5.40. The minimum atomic E-state index is -0.181. The van der Waals surface area contributed by atoms with E-state index in [9.17, 15) is 9.59 Å². The smallest absolute Gasteiger partial charge is 0.245 e. The normalized spacial score (nSPS) is 22.6. The lowest BCUT2D eigenvalue weighted by Gasteiger charge is -2.25. The first-order valence-corrected chi connectivity index (χ1v) is 7.56. The Labute approximate surface area is 123 Å². The predicted molar refractivity (Wildman–Crippen MR) is 77.8 cm³/mol. The fourth-order valence-electron chi connectivity index (χ4n) is 2.86. The molecule has 2 aliphatic heterocycles. The molecule has 3 heterocycles. The van der Waals surface area contributed by atoms with Crippen molar-refractivity contribution >= 4 is 17.6 Å². The number of piperidine rings is 1. The summed E-state index contributed by atoms with van der Waals surface area (Å²) in [5.74, 6) is 0.440. The van der Waals surface area contributed by atoms with Gasteiger partial charge in [-0.1, -0.05) is 0 Å². The zero-order valence-corrected chi connectivity index (χ0v) is 12.0. The Morgan fingerprint density at radius 2 is 2.38 bits per heavy atom. The molecule has 1 aromatic rings. The molecule has 2 saturated heterocycles. The fourth-order valence-corrected chi connectivity index (χ4v) is 2.86. The Morgan fingerprint density at radius 1 is 1.48 bits per heavy atom. The second kappa shape index (κ2) is 6.26. The van der Waals surface area contributed by atoms with Crippen LogP contribution in [0.25, 0.3) is 0 Å². The predicted octanol–water partition coefficient (Wildman–Crippen LogP) is 0.369. The first kappa shape index (κ1) is 14.1. The second-order valence-electron chi connectivity index (χ2n) is 5.65. The van der Waals surface area contributed by atoms with Gasteiger partial charge in [0.15, 0.2) is 5.82 Å². The summed E-state index contributed by atoms with van der Waals surface area (Å²) in [7, 11) is 0. The average Bonchev–Trinajstić information content (AvgIpc) is 3.12. The Hall–Kier alpha value is -1.89. The van der Waals surface area contributed by atoms with E-state index in [0.29, 0.717) is 24.8 Å². The van der Waals surface area contributed by atoms with E-state index in [4.69, 9.17) is 0 Å². The topological polar surface area (TPSA) is 79.3 Å². The van der Waals surface area contributed by atoms with Gasteiger partial charge in [-0.2, -0.15) is 5.10 Å². The highest BCUT2D eigenvalue weighted by molar-refractivity contribution is 5.93. The van der Waals surface area contributed by atoms with Crippen LogP contribution in [-0.4, -0.2) is 52.7 Å². The molecule has 2 aliphatic rings. The number of rotatable bonds is 4. The van der Waals surface area contributed by atoms with Crippen LogP contribution in [0.5, 0.6) is 0 Å². The number of carbonyl (C=O) groups is 2. The van der Waals surface area contributed by atoms with Crippen molar-refractivity contribution in [3.63, 3.8) is 0 Å². The van der Waals surface area contributed by atoms with Gasteiger partial charge in [-0.3, -0.25) is 14.3 Å². The standard InChI is InChI=1S/C14H21N5O2/c20-13(10-18-7-2-1-3-14(18)21)16-12-5-8-19(17-12)11-4-6-15-9-11/h5,8,11,15H,1-4,6-7,9-10H2,(H,16,17,20). The maximum atomic E-state index is 12.0. The molecule has 0 radical (unpaired) electrons. The first-order chi connectivity index (χ1) is 10.2. The average molecular weight is 291 g/mol. The quantitative estimate of drug-likeness (QED) is 0.840. The van der Waals surface area contributed by atoms with Crippen LogP contribution in [0.4, 0.5) is 5.82 Å². The largest absolute Gasteiger partial charge is 0.333 e. The van der Waals surface area contributed by atoms with Crippen LogP contribution >= 0.6 is 0 Å². The lowest BCUT2D eigenvalue weighted by Crippen LogP contribution is -2.40. The SMILES string of the molecule is O=C(CN1CCCCC1=O)Nc1ccn(C2CCNC2)n1. The molecule has 1 atom stereocenters.